The minimum atomic E-state index is -1.18. The van der Waals surface area contributed by atoms with E-state index in [4.69, 9.17) is 27.9 Å². The van der Waals surface area contributed by atoms with Crippen LogP contribution in [-0.2, 0) is 20.7 Å². The first kappa shape index (κ1) is 25.6. The lowest BCUT2D eigenvalue weighted by Gasteiger charge is -2.24. The third-order valence-electron chi connectivity index (χ3n) is 4.86. The summed E-state index contributed by atoms with van der Waals surface area (Å²) in [5.74, 6) is -2.76. The van der Waals surface area contributed by atoms with E-state index < -0.39 is 29.2 Å². The van der Waals surface area contributed by atoms with E-state index in [0.717, 1.165) is 17.5 Å². The van der Waals surface area contributed by atoms with E-state index in [-0.39, 0.29) is 35.0 Å². The van der Waals surface area contributed by atoms with Crippen molar-refractivity contribution in [2.24, 2.45) is 5.92 Å². The van der Waals surface area contributed by atoms with Crippen LogP contribution in [0.5, 0.6) is 0 Å². The van der Waals surface area contributed by atoms with E-state index >= 15 is 0 Å². The number of nitrogens with one attached hydrogen (secondary N) is 1. The topological polar surface area (TPSA) is 111 Å². The second-order valence-electron chi connectivity index (χ2n) is 7.24. The molecule has 2 unspecified atom stereocenters. The standard InChI is InChI=1S/C23H21Cl2N3O5S/c24-17-7-4-8-18(25)21(17)27-20(29)10-9-16(22(30)31)19(13-15-5-2-1-3-6-15)33-23(32)34-28-12-11-26-14-28/h1-8,11-12,14,16,19H,9-10,13H2,(H,27,29)(H,30,31). The fourth-order valence-electron chi connectivity index (χ4n) is 3.22. The first-order valence-corrected chi connectivity index (χ1v) is 11.7. The number of carboxylic acids is 1. The Hall–Kier alpha value is -3.01. The predicted octanol–water partition coefficient (Wildman–Crippen LogP) is 5.55. The molecule has 0 aliphatic rings. The fourth-order valence-corrected chi connectivity index (χ4v) is 4.27. The molecule has 0 saturated heterocycles. The van der Waals surface area contributed by atoms with Gasteiger partial charge in [0.2, 0.25) is 5.91 Å². The maximum absolute atomic E-state index is 12.5. The highest BCUT2D eigenvalue weighted by atomic mass is 35.5. The van der Waals surface area contributed by atoms with E-state index in [2.05, 4.69) is 10.3 Å². The fraction of sp³-hybridized carbons (Fsp3) is 0.217. The Morgan fingerprint density at radius 1 is 1.09 bits per heavy atom. The van der Waals surface area contributed by atoms with E-state index in [1.165, 1.54) is 16.5 Å². The normalized spacial score (nSPS) is 12.5. The van der Waals surface area contributed by atoms with Crippen molar-refractivity contribution in [2.45, 2.75) is 25.4 Å². The molecular weight excluding hydrogens is 501 g/mol. The molecule has 11 heteroatoms. The molecule has 2 aromatic carbocycles. The Morgan fingerprint density at radius 2 is 1.79 bits per heavy atom. The van der Waals surface area contributed by atoms with Crippen molar-refractivity contribution in [1.82, 2.24) is 8.96 Å². The first-order chi connectivity index (χ1) is 16.3. The highest BCUT2D eigenvalue weighted by molar-refractivity contribution is 8.11. The highest BCUT2D eigenvalue weighted by Crippen LogP contribution is 2.30. The Labute approximate surface area is 210 Å². The number of carbonyl (C=O) groups excluding carboxylic acids is 2. The molecule has 0 bridgehead atoms. The van der Waals surface area contributed by atoms with Crippen molar-refractivity contribution in [3.63, 3.8) is 0 Å². The van der Waals surface area contributed by atoms with Gasteiger partial charge in [0.05, 0.1) is 33.6 Å². The average molecular weight is 522 g/mol. The van der Waals surface area contributed by atoms with Gasteiger partial charge in [-0.3, -0.25) is 13.6 Å². The second kappa shape index (κ2) is 12.5. The SMILES string of the molecule is O=C(CCC(C(=O)O)C(Cc1ccccc1)OC(=O)Sn1ccnc1)Nc1c(Cl)cccc1Cl. The number of rotatable bonds is 10. The van der Waals surface area contributed by atoms with Crippen LogP contribution in [0.15, 0.2) is 67.3 Å². The molecule has 2 N–H and O–H groups in total. The molecule has 1 heterocycles. The lowest BCUT2D eigenvalue weighted by atomic mass is 9.91. The first-order valence-electron chi connectivity index (χ1n) is 10.2. The second-order valence-corrected chi connectivity index (χ2v) is 8.99. The summed E-state index contributed by atoms with van der Waals surface area (Å²) in [6.07, 6.45) is 3.46. The lowest BCUT2D eigenvalue weighted by molar-refractivity contribution is -0.145. The molecule has 2 atom stereocenters. The minimum Gasteiger partial charge on any atom is -0.481 e. The molecule has 0 aliphatic carbocycles. The van der Waals surface area contributed by atoms with Crippen molar-refractivity contribution in [2.75, 3.05) is 5.32 Å². The quantitative estimate of drug-likeness (QED) is 0.336. The number of para-hydroxylation sites is 1. The van der Waals surface area contributed by atoms with Gasteiger partial charge >= 0.3 is 11.3 Å². The maximum Gasteiger partial charge on any atom is 0.388 e. The Morgan fingerprint density at radius 3 is 2.41 bits per heavy atom. The molecule has 3 aromatic rings. The van der Waals surface area contributed by atoms with Crippen molar-refractivity contribution < 1.29 is 24.2 Å². The number of hydrogen-bond acceptors (Lipinski definition) is 6. The molecule has 1 aromatic heterocycles. The number of aromatic nitrogens is 2. The van der Waals surface area contributed by atoms with Crippen LogP contribution in [0.4, 0.5) is 10.5 Å². The number of carboxylic acid groups (broad SMARTS) is 1. The maximum atomic E-state index is 12.5. The average Bonchev–Trinajstić information content (AvgIpc) is 3.30. The Bertz CT molecular complexity index is 1110. The molecular formula is C23H21Cl2N3O5S. The predicted molar refractivity (Wildman–Crippen MR) is 131 cm³/mol. The number of aliphatic carboxylic acids is 1. The van der Waals surface area contributed by atoms with Gasteiger partial charge in [0.15, 0.2) is 0 Å². The summed E-state index contributed by atoms with van der Waals surface area (Å²) >= 11 is 12.9. The van der Waals surface area contributed by atoms with Gasteiger partial charge in [0.1, 0.15) is 12.4 Å². The highest BCUT2D eigenvalue weighted by Gasteiger charge is 2.32. The van der Waals surface area contributed by atoms with Crippen LogP contribution in [0.1, 0.15) is 18.4 Å². The number of anilines is 1. The zero-order valence-corrected chi connectivity index (χ0v) is 20.1. The summed E-state index contributed by atoms with van der Waals surface area (Å²) < 4.78 is 7.00. The molecule has 0 saturated carbocycles. The number of imidazole rings is 1. The number of ether oxygens (including phenoxy) is 1. The third kappa shape index (κ3) is 7.51. The zero-order chi connectivity index (χ0) is 24.5. The van der Waals surface area contributed by atoms with Crippen molar-refractivity contribution >= 4 is 58.0 Å². The lowest BCUT2D eigenvalue weighted by Crippen LogP contribution is -2.34. The van der Waals surface area contributed by atoms with Crippen LogP contribution < -0.4 is 5.32 Å². The van der Waals surface area contributed by atoms with Gasteiger partial charge < -0.3 is 15.2 Å². The largest absolute Gasteiger partial charge is 0.481 e. The minimum absolute atomic E-state index is 0.0657. The smallest absolute Gasteiger partial charge is 0.388 e. The Kier molecular flexibility index (Phi) is 9.38. The molecule has 178 valence electrons. The molecule has 0 aliphatic heterocycles. The van der Waals surface area contributed by atoms with Crippen LogP contribution in [-0.4, -0.2) is 37.3 Å². The summed E-state index contributed by atoms with van der Waals surface area (Å²) in [5.41, 5.74) is 1.05. The summed E-state index contributed by atoms with van der Waals surface area (Å²) in [4.78, 5) is 41.0. The van der Waals surface area contributed by atoms with Crippen LogP contribution in [0.3, 0.4) is 0 Å². The van der Waals surface area contributed by atoms with Crippen molar-refractivity contribution in [3.05, 3.63) is 82.9 Å². The third-order valence-corrected chi connectivity index (χ3v) is 6.17. The molecule has 3 rings (SSSR count). The van der Waals surface area contributed by atoms with E-state index in [0.29, 0.717) is 0 Å². The van der Waals surface area contributed by atoms with E-state index in [1.807, 2.05) is 30.3 Å². The van der Waals surface area contributed by atoms with E-state index in [1.54, 1.807) is 24.4 Å². The Balaban J connectivity index is 1.71. The van der Waals surface area contributed by atoms with Gasteiger partial charge in [0, 0.05) is 25.2 Å². The van der Waals surface area contributed by atoms with Gasteiger partial charge in [-0.2, -0.15) is 0 Å². The number of nitrogens with zero attached hydrogens (tertiary/aromatic N) is 2. The summed E-state index contributed by atoms with van der Waals surface area (Å²) in [6, 6.07) is 13.9. The van der Waals surface area contributed by atoms with Crippen molar-refractivity contribution in [1.29, 1.82) is 0 Å². The number of benzene rings is 2. The van der Waals surface area contributed by atoms with Gasteiger partial charge in [-0.15, -0.1) is 0 Å². The van der Waals surface area contributed by atoms with Crippen LogP contribution in [0, 0.1) is 5.92 Å². The van der Waals surface area contributed by atoms with Gasteiger partial charge in [0.25, 0.3) is 0 Å². The molecule has 8 nitrogen and oxygen atoms in total. The molecule has 0 spiro atoms. The van der Waals surface area contributed by atoms with Gasteiger partial charge in [-0.05, 0) is 24.1 Å². The van der Waals surface area contributed by atoms with Crippen LogP contribution in [0.25, 0.3) is 0 Å². The van der Waals surface area contributed by atoms with Gasteiger partial charge in [-0.1, -0.05) is 59.6 Å². The monoisotopic (exact) mass is 521 g/mol. The molecule has 0 fully saturated rings. The number of halogens is 2. The van der Waals surface area contributed by atoms with Gasteiger partial charge in [-0.25, -0.2) is 9.78 Å². The molecule has 34 heavy (non-hydrogen) atoms. The number of amides is 1. The number of carbonyl (C=O) groups is 3. The van der Waals surface area contributed by atoms with Crippen molar-refractivity contribution in [3.8, 4) is 0 Å². The molecule has 0 radical (unpaired) electrons. The zero-order valence-electron chi connectivity index (χ0n) is 17.8. The summed E-state index contributed by atoms with van der Waals surface area (Å²) in [5, 5.41) is 12.4. The number of hydrogen-bond donors (Lipinski definition) is 2. The van der Waals surface area contributed by atoms with E-state index in [9.17, 15) is 19.5 Å². The summed E-state index contributed by atoms with van der Waals surface area (Å²) in [7, 11) is 0. The van der Waals surface area contributed by atoms with Crippen LogP contribution >= 0.6 is 35.1 Å². The molecule has 1 amide bonds. The summed E-state index contributed by atoms with van der Waals surface area (Å²) in [6.45, 7) is 0. The van der Waals surface area contributed by atoms with Crippen LogP contribution in [0.2, 0.25) is 10.0 Å².